The SMILES string of the molecule is CC(C)CNCc1ccccc1OCCC(C)(C)C. The van der Waals surface area contributed by atoms with E-state index in [1.807, 2.05) is 6.07 Å². The van der Waals surface area contributed by atoms with Crippen molar-refractivity contribution in [3.63, 3.8) is 0 Å². The molecule has 0 heterocycles. The first-order valence-electron chi connectivity index (χ1n) is 7.30. The molecular weight excluding hydrogens is 234 g/mol. The van der Waals surface area contributed by atoms with E-state index in [-0.39, 0.29) is 0 Å². The van der Waals surface area contributed by atoms with Crippen LogP contribution >= 0.6 is 0 Å². The molecule has 0 radical (unpaired) electrons. The molecule has 0 amide bonds. The van der Waals surface area contributed by atoms with Crippen LogP contribution in [0.3, 0.4) is 0 Å². The minimum Gasteiger partial charge on any atom is -0.493 e. The van der Waals surface area contributed by atoms with Crippen LogP contribution in [0, 0.1) is 11.3 Å². The Morgan fingerprint density at radius 1 is 1.16 bits per heavy atom. The first kappa shape index (κ1) is 16.0. The summed E-state index contributed by atoms with van der Waals surface area (Å²) in [5, 5.41) is 3.47. The van der Waals surface area contributed by atoms with E-state index in [2.05, 4.69) is 58.1 Å². The van der Waals surface area contributed by atoms with Gasteiger partial charge in [0.2, 0.25) is 0 Å². The second kappa shape index (κ2) is 7.54. The van der Waals surface area contributed by atoms with Crippen molar-refractivity contribution >= 4 is 0 Å². The molecule has 0 aromatic heterocycles. The van der Waals surface area contributed by atoms with Gasteiger partial charge in [-0.1, -0.05) is 52.8 Å². The number of hydrogen-bond donors (Lipinski definition) is 1. The average Bonchev–Trinajstić information content (AvgIpc) is 2.29. The third-order valence-electron chi connectivity index (χ3n) is 2.95. The van der Waals surface area contributed by atoms with E-state index in [4.69, 9.17) is 4.74 Å². The van der Waals surface area contributed by atoms with Crippen LogP contribution in [0.4, 0.5) is 0 Å². The van der Waals surface area contributed by atoms with Crippen LogP contribution in [0.5, 0.6) is 5.75 Å². The molecule has 0 spiro atoms. The van der Waals surface area contributed by atoms with Gasteiger partial charge in [0, 0.05) is 12.1 Å². The quantitative estimate of drug-likeness (QED) is 0.794. The molecule has 0 fully saturated rings. The summed E-state index contributed by atoms with van der Waals surface area (Å²) in [4.78, 5) is 0. The number of rotatable bonds is 7. The van der Waals surface area contributed by atoms with Gasteiger partial charge in [0.1, 0.15) is 5.75 Å². The minimum atomic E-state index is 0.324. The van der Waals surface area contributed by atoms with E-state index in [1.165, 1.54) is 5.56 Å². The normalized spacial score (nSPS) is 11.9. The number of hydrogen-bond acceptors (Lipinski definition) is 2. The van der Waals surface area contributed by atoms with Gasteiger partial charge in [-0.25, -0.2) is 0 Å². The fraction of sp³-hybridized carbons (Fsp3) is 0.647. The zero-order valence-corrected chi connectivity index (χ0v) is 13.1. The molecule has 1 aromatic rings. The van der Waals surface area contributed by atoms with Crippen molar-refractivity contribution in [3.8, 4) is 5.75 Å². The molecule has 0 bridgehead atoms. The van der Waals surface area contributed by atoms with Crippen molar-refractivity contribution in [3.05, 3.63) is 29.8 Å². The monoisotopic (exact) mass is 263 g/mol. The second-order valence-corrected chi connectivity index (χ2v) is 6.79. The van der Waals surface area contributed by atoms with Gasteiger partial charge in [0.25, 0.3) is 0 Å². The lowest BCUT2D eigenvalue weighted by Gasteiger charge is -2.19. The maximum atomic E-state index is 5.93. The smallest absolute Gasteiger partial charge is 0.123 e. The largest absolute Gasteiger partial charge is 0.493 e. The van der Waals surface area contributed by atoms with Crippen LogP contribution in [0.25, 0.3) is 0 Å². The molecule has 0 aliphatic carbocycles. The van der Waals surface area contributed by atoms with Crippen molar-refractivity contribution in [2.24, 2.45) is 11.3 Å². The van der Waals surface area contributed by atoms with E-state index >= 15 is 0 Å². The summed E-state index contributed by atoms with van der Waals surface area (Å²) in [6.07, 6.45) is 1.07. The van der Waals surface area contributed by atoms with Gasteiger partial charge < -0.3 is 10.1 Å². The zero-order valence-electron chi connectivity index (χ0n) is 13.1. The Hall–Kier alpha value is -1.02. The topological polar surface area (TPSA) is 21.3 Å². The summed E-state index contributed by atoms with van der Waals surface area (Å²) in [6.45, 7) is 13.9. The molecule has 1 rings (SSSR count). The van der Waals surface area contributed by atoms with Crippen LogP contribution in [-0.4, -0.2) is 13.2 Å². The Morgan fingerprint density at radius 3 is 2.47 bits per heavy atom. The van der Waals surface area contributed by atoms with Gasteiger partial charge in [-0.05, 0) is 30.4 Å². The molecule has 0 saturated heterocycles. The van der Waals surface area contributed by atoms with Gasteiger partial charge >= 0.3 is 0 Å². The average molecular weight is 263 g/mol. The van der Waals surface area contributed by atoms with Crippen LogP contribution in [0.15, 0.2) is 24.3 Å². The molecule has 2 nitrogen and oxygen atoms in total. The van der Waals surface area contributed by atoms with E-state index in [9.17, 15) is 0 Å². The molecule has 108 valence electrons. The van der Waals surface area contributed by atoms with E-state index < -0.39 is 0 Å². The van der Waals surface area contributed by atoms with Crippen molar-refractivity contribution in [1.29, 1.82) is 0 Å². The molecular formula is C17H29NO. The highest BCUT2D eigenvalue weighted by molar-refractivity contribution is 5.33. The van der Waals surface area contributed by atoms with Gasteiger partial charge in [-0.2, -0.15) is 0 Å². The molecule has 19 heavy (non-hydrogen) atoms. The summed E-state index contributed by atoms with van der Waals surface area (Å²) < 4.78 is 5.93. The maximum absolute atomic E-state index is 5.93. The Bertz CT molecular complexity index is 366. The van der Waals surface area contributed by atoms with Crippen LogP contribution < -0.4 is 10.1 Å². The van der Waals surface area contributed by atoms with Gasteiger partial charge in [-0.3, -0.25) is 0 Å². The van der Waals surface area contributed by atoms with Crippen molar-refractivity contribution < 1.29 is 4.74 Å². The van der Waals surface area contributed by atoms with Crippen LogP contribution in [0.2, 0.25) is 0 Å². The number of ether oxygens (including phenoxy) is 1. The lowest BCUT2D eigenvalue weighted by atomic mass is 9.93. The van der Waals surface area contributed by atoms with E-state index in [0.29, 0.717) is 11.3 Å². The highest BCUT2D eigenvalue weighted by Gasteiger charge is 2.10. The van der Waals surface area contributed by atoms with Gasteiger partial charge in [-0.15, -0.1) is 0 Å². The van der Waals surface area contributed by atoms with Crippen molar-refractivity contribution in [2.45, 2.75) is 47.6 Å². The number of benzene rings is 1. The fourth-order valence-electron chi connectivity index (χ4n) is 1.75. The first-order valence-corrected chi connectivity index (χ1v) is 7.30. The molecule has 2 heteroatoms. The number of nitrogens with one attached hydrogen (secondary N) is 1. The summed E-state index contributed by atoms with van der Waals surface area (Å²) in [5.74, 6) is 1.69. The third kappa shape index (κ3) is 7.22. The summed E-state index contributed by atoms with van der Waals surface area (Å²) in [7, 11) is 0. The molecule has 1 N–H and O–H groups in total. The zero-order chi connectivity index (χ0) is 14.3. The van der Waals surface area contributed by atoms with E-state index in [1.54, 1.807) is 0 Å². The Morgan fingerprint density at radius 2 is 1.84 bits per heavy atom. The Labute approximate surface area is 118 Å². The predicted molar refractivity (Wildman–Crippen MR) is 82.6 cm³/mol. The summed E-state index contributed by atoms with van der Waals surface area (Å²) >= 11 is 0. The fourth-order valence-corrected chi connectivity index (χ4v) is 1.75. The van der Waals surface area contributed by atoms with Gasteiger partial charge in [0.15, 0.2) is 0 Å². The highest BCUT2D eigenvalue weighted by Crippen LogP contribution is 2.22. The Balaban J connectivity index is 2.48. The summed E-state index contributed by atoms with van der Waals surface area (Å²) in [5.41, 5.74) is 1.57. The highest BCUT2D eigenvalue weighted by atomic mass is 16.5. The Kier molecular flexibility index (Phi) is 6.36. The van der Waals surface area contributed by atoms with Crippen LogP contribution in [-0.2, 0) is 6.54 Å². The molecule has 0 unspecified atom stereocenters. The molecule has 1 aromatic carbocycles. The lowest BCUT2D eigenvalue weighted by molar-refractivity contribution is 0.241. The van der Waals surface area contributed by atoms with Crippen molar-refractivity contribution in [2.75, 3.05) is 13.2 Å². The van der Waals surface area contributed by atoms with Crippen molar-refractivity contribution in [1.82, 2.24) is 5.32 Å². The van der Waals surface area contributed by atoms with Crippen LogP contribution in [0.1, 0.15) is 46.6 Å². The number of para-hydroxylation sites is 1. The second-order valence-electron chi connectivity index (χ2n) is 6.79. The van der Waals surface area contributed by atoms with Gasteiger partial charge in [0.05, 0.1) is 6.61 Å². The lowest BCUT2D eigenvalue weighted by Crippen LogP contribution is -2.19. The predicted octanol–water partition coefficient (Wildman–Crippen LogP) is 4.25. The standard InChI is InChI=1S/C17H29NO/c1-14(2)12-18-13-15-8-6-7-9-16(15)19-11-10-17(3,4)5/h6-9,14,18H,10-13H2,1-5H3. The summed E-state index contributed by atoms with van der Waals surface area (Å²) in [6, 6.07) is 8.32. The molecule has 0 aliphatic rings. The molecule has 0 saturated carbocycles. The molecule has 0 aliphatic heterocycles. The third-order valence-corrected chi connectivity index (χ3v) is 2.95. The first-order chi connectivity index (χ1) is 8.88. The minimum absolute atomic E-state index is 0.324. The van der Waals surface area contributed by atoms with E-state index in [0.717, 1.165) is 31.9 Å². The molecule has 0 atom stereocenters. The maximum Gasteiger partial charge on any atom is 0.123 e.